The fourth-order valence-electron chi connectivity index (χ4n) is 1.80. The van der Waals surface area contributed by atoms with Gasteiger partial charge in [0.15, 0.2) is 0 Å². The fourth-order valence-corrected chi connectivity index (χ4v) is 1.80. The van der Waals surface area contributed by atoms with E-state index in [1.165, 1.54) is 5.56 Å². The molecule has 1 aromatic rings. The van der Waals surface area contributed by atoms with Crippen molar-refractivity contribution in [3.63, 3.8) is 0 Å². The minimum Gasteiger partial charge on any atom is -0.491 e. The van der Waals surface area contributed by atoms with Gasteiger partial charge in [-0.15, -0.1) is 12.4 Å². The Labute approximate surface area is 134 Å². The van der Waals surface area contributed by atoms with Gasteiger partial charge in [0.05, 0.1) is 12.6 Å². The summed E-state index contributed by atoms with van der Waals surface area (Å²) in [6.45, 7) is 9.26. The van der Waals surface area contributed by atoms with Crippen molar-refractivity contribution >= 4 is 18.3 Å². The molecule has 0 aliphatic heterocycles. The van der Waals surface area contributed by atoms with Gasteiger partial charge in [-0.25, -0.2) is 0 Å². The number of amides is 1. The molecule has 0 spiro atoms. The lowest BCUT2D eigenvalue weighted by molar-refractivity contribution is -0.120. The highest BCUT2D eigenvalue weighted by Gasteiger charge is 2.13. The van der Waals surface area contributed by atoms with Gasteiger partial charge in [-0.2, -0.15) is 0 Å². The van der Waals surface area contributed by atoms with Crippen LogP contribution in [-0.2, 0) is 10.2 Å². The van der Waals surface area contributed by atoms with E-state index in [2.05, 4.69) is 43.5 Å². The SMILES string of the molecule is CNCC(=O)NC(C)COc1ccc(C(C)(C)C)cc1.Cl. The Kier molecular flexibility index (Phi) is 8.37. The number of rotatable bonds is 6. The van der Waals surface area contributed by atoms with Crippen molar-refractivity contribution < 1.29 is 9.53 Å². The van der Waals surface area contributed by atoms with Crippen molar-refractivity contribution in [2.24, 2.45) is 0 Å². The number of hydrogen-bond donors (Lipinski definition) is 2. The molecule has 0 saturated heterocycles. The Balaban J connectivity index is 0.00000400. The second kappa shape index (κ2) is 8.90. The summed E-state index contributed by atoms with van der Waals surface area (Å²) < 4.78 is 5.68. The van der Waals surface area contributed by atoms with Gasteiger partial charge in [-0.05, 0) is 37.1 Å². The molecule has 0 aliphatic rings. The van der Waals surface area contributed by atoms with E-state index in [0.29, 0.717) is 13.2 Å². The molecule has 0 radical (unpaired) electrons. The average molecular weight is 315 g/mol. The maximum atomic E-state index is 11.4. The number of hydrogen-bond acceptors (Lipinski definition) is 3. The molecule has 0 aliphatic carbocycles. The van der Waals surface area contributed by atoms with Crippen LogP contribution in [0.25, 0.3) is 0 Å². The summed E-state index contributed by atoms with van der Waals surface area (Å²) in [5.41, 5.74) is 1.42. The van der Waals surface area contributed by atoms with Crippen LogP contribution in [0, 0.1) is 0 Å². The second-order valence-corrected chi connectivity index (χ2v) is 6.08. The van der Waals surface area contributed by atoms with E-state index in [0.717, 1.165) is 5.75 Å². The van der Waals surface area contributed by atoms with Gasteiger partial charge < -0.3 is 15.4 Å². The van der Waals surface area contributed by atoms with E-state index >= 15 is 0 Å². The number of carbonyl (C=O) groups is 1. The highest BCUT2D eigenvalue weighted by Crippen LogP contribution is 2.24. The smallest absolute Gasteiger partial charge is 0.234 e. The van der Waals surface area contributed by atoms with Crippen LogP contribution in [0.4, 0.5) is 0 Å². The van der Waals surface area contributed by atoms with Gasteiger partial charge in [0.1, 0.15) is 12.4 Å². The highest BCUT2D eigenvalue weighted by molar-refractivity contribution is 5.85. The van der Waals surface area contributed by atoms with Gasteiger partial charge in [0.25, 0.3) is 0 Å². The summed E-state index contributed by atoms with van der Waals surface area (Å²) in [5.74, 6) is 0.805. The zero-order valence-corrected chi connectivity index (χ0v) is 14.3. The number of ether oxygens (including phenoxy) is 1. The molecule has 2 N–H and O–H groups in total. The molecule has 120 valence electrons. The van der Waals surface area contributed by atoms with Gasteiger partial charge in [0.2, 0.25) is 5.91 Å². The molecule has 1 aromatic carbocycles. The molecule has 0 bridgehead atoms. The van der Waals surface area contributed by atoms with Crippen molar-refractivity contribution in [3.8, 4) is 5.75 Å². The van der Waals surface area contributed by atoms with Gasteiger partial charge in [0, 0.05) is 0 Å². The molecule has 1 rings (SSSR count). The Morgan fingerprint density at radius 1 is 1.24 bits per heavy atom. The molecule has 5 heteroatoms. The zero-order valence-electron chi connectivity index (χ0n) is 13.5. The van der Waals surface area contributed by atoms with Crippen LogP contribution in [0.2, 0.25) is 0 Å². The molecular weight excluding hydrogens is 288 g/mol. The Morgan fingerprint density at radius 2 is 1.81 bits per heavy atom. The standard InChI is InChI=1S/C16H26N2O2.ClH/c1-12(18-15(19)10-17-5)11-20-14-8-6-13(7-9-14)16(2,3)4;/h6-9,12,17H,10-11H2,1-5H3,(H,18,19);1H. The normalized spacial score (nSPS) is 12.2. The van der Waals surface area contributed by atoms with Crippen LogP contribution >= 0.6 is 12.4 Å². The third-order valence-electron chi connectivity index (χ3n) is 2.97. The molecule has 0 saturated carbocycles. The fraction of sp³-hybridized carbons (Fsp3) is 0.562. The minimum absolute atomic E-state index is 0. The van der Waals surface area contributed by atoms with Crippen LogP contribution in [0.3, 0.4) is 0 Å². The van der Waals surface area contributed by atoms with Crippen molar-refractivity contribution in [2.75, 3.05) is 20.2 Å². The molecule has 4 nitrogen and oxygen atoms in total. The molecule has 0 aromatic heterocycles. The number of likely N-dealkylation sites (N-methyl/N-ethyl adjacent to an activating group) is 1. The van der Waals surface area contributed by atoms with Crippen LogP contribution in [0.1, 0.15) is 33.3 Å². The van der Waals surface area contributed by atoms with E-state index in [9.17, 15) is 4.79 Å². The van der Waals surface area contributed by atoms with E-state index in [4.69, 9.17) is 4.74 Å². The molecule has 0 heterocycles. The van der Waals surface area contributed by atoms with E-state index in [-0.39, 0.29) is 29.8 Å². The average Bonchev–Trinajstić information content (AvgIpc) is 2.36. The highest BCUT2D eigenvalue weighted by atomic mass is 35.5. The Bertz CT molecular complexity index is 427. The molecule has 0 fully saturated rings. The summed E-state index contributed by atoms with van der Waals surface area (Å²) in [6, 6.07) is 8.10. The molecule has 1 atom stereocenters. The third-order valence-corrected chi connectivity index (χ3v) is 2.97. The first-order valence-electron chi connectivity index (χ1n) is 7.00. The molecule has 1 unspecified atom stereocenters. The van der Waals surface area contributed by atoms with Crippen molar-refractivity contribution in [1.82, 2.24) is 10.6 Å². The lowest BCUT2D eigenvalue weighted by Crippen LogP contribution is -2.40. The lowest BCUT2D eigenvalue weighted by atomic mass is 9.87. The van der Waals surface area contributed by atoms with Crippen molar-refractivity contribution in [2.45, 2.75) is 39.2 Å². The summed E-state index contributed by atoms with van der Waals surface area (Å²) in [4.78, 5) is 11.4. The summed E-state index contributed by atoms with van der Waals surface area (Å²) in [7, 11) is 1.75. The predicted octanol–water partition coefficient (Wildman–Crippen LogP) is 2.51. The van der Waals surface area contributed by atoms with E-state index in [1.807, 2.05) is 19.1 Å². The lowest BCUT2D eigenvalue weighted by Gasteiger charge is -2.20. The van der Waals surface area contributed by atoms with Gasteiger partial charge in [-0.1, -0.05) is 32.9 Å². The van der Waals surface area contributed by atoms with Crippen molar-refractivity contribution in [3.05, 3.63) is 29.8 Å². The first-order valence-corrected chi connectivity index (χ1v) is 7.00. The maximum absolute atomic E-state index is 11.4. The monoisotopic (exact) mass is 314 g/mol. The predicted molar refractivity (Wildman–Crippen MR) is 89.4 cm³/mol. The number of halogens is 1. The van der Waals surface area contributed by atoms with E-state index < -0.39 is 0 Å². The number of nitrogens with one attached hydrogen (secondary N) is 2. The largest absolute Gasteiger partial charge is 0.491 e. The maximum Gasteiger partial charge on any atom is 0.234 e. The Morgan fingerprint density at radius 3 is 2.29 bits per heavy atom. The van der Waals surface area contributed by atoms with Gasteiger partial charge in [-0.3, -0.25) is 4.79 Å². The number of carbonyl (C=O) groups excluding carboxylic acids is 1. The Hall–Kier alpha value is -1.26. The quantitative estimate of drug-likeness (QED) is 0.848. The topological polar surface area (TPSA) is 50.4 Å². The van der Waals surface area contributed by atoms with Gasteiger partial charge >= 0.3 is 0 Å². The summed E-state index contributed by atoms with van der Waals surface area (Å²) >= 11 is 0. The molecule has 21 heavy (non-hydrogen) atoms. The first-order chi connectivity index (χ1) is 9.32. The minimum atomic E-state index is -0.0216. The first kappa shape index (κ1) is 19.7. The number of benzene rings is 1. The molecule has 1 amide bonds. The second-order valence-electron chi connectivity index (χ2n) is 6.08. The van der Waals surface area contributed by atoms with Crippen LogP contribution < -0.4 is 15.4 Å². The van der Waals surface area contributed by atoms with Crippen LogP contribution in [0.5, 0.6) is 5.75 Å². The molecular formula is C16H27ClN2O2. The zero-order chi connectivity index (χ0) is 15.2. The van der Waals surface area contributed by atoms with Crippen LogP contribution in [-0.4, -0.2) is 32.1 Å². The van der Waals surface area contributed by atoms with Crippen LogP contribution in [0.15, 0.2) is 24.3 Å². The summed E-state index contributed by atoms with van der Waals surface area (Å²) in [6.07, 6.45) is 0. The third kappa shape index (κ3) is 7.34. The van der Waals surface area contributed by atoms with Crippen molar-refractivity contribution in [1.29, 1.82) is 0 Å². The van der Waals surface area contributed by atoms with E-state index in [1.54, 1.807) is 7.05 Å². The summed E-state index contributed by atoms with van der Waals surface area (Å²) in [5, 5.41) is 5.67.